The molecule has 0 aromatic carbocycles. The molecule has 8 heteroatoms. The highest BCUT2D eigenvalue weighted by Gasteiger charge is 2.42. The molecular weight excluding hydrogens is 344 g/mol. The minimum absolute atomic E-state index is 0.0153. The maximum Gasteiger partial charge on any atom is 0.228 e. The van der Waals surface area contributed by atoms with Crippen LogP contribution in [0.5, 0.6) is 0 Å². The van der Waals surface area contributed by atoms with Gasteiger partial charge in [0.2, 0.25) is 5.91 Å². The number of amides is 1. The van der Waals surface area contributed by atoms with E-state index in [4.69, 9.17) is 4.74 Å². The molecule has 2 aromatic heterocycles. The number of hydrogen-bond donors (Lipinski definition) is 0. The van der Waals surface area contributed by atoms with Crippen LogP contribution in [0.4, 0.5) is 0 Å². The van der Waals surface area contributed by atoms with Crippen molar-refractivity contribution >= 4 is 5.91 Å². The summed E-state index contributed by atoms with van der Waals surface area (Å²) in [4.78, 5) is 21.7. The number of ether oxygens (including phenoxy) is 1. The summed E-state index contributed by atoms with van der Waals surface area (Å²) in [5, 5.41) is 4.34. The van der Waals surface area contributed by atoms with Gasteiger partial charge in [0.15, 0.2) is 0 Å². The molecule has 4 heterocycles. The van der Waals surface area contributed by atoms with Gasteiger partial charge in [-0.15, -0.1) is 0 Å². The van der Waals surface area contributed by atoms with Gasteiger partial charge in [-0.1, -0.05) is 0 Å². The lowest BCUT2D eigenvalue weighted by Crippen LogP contribution is -2.44. The number of hydrogen-bond acceptors (Lipinski definition) is 5. The average molecular weight is 372 g/mol. The first-order chi connectivity index (χ1) is 13.0. The molecule has 0 bridgehead atoms. The van der Waals surface area contributed by atoms with Crippen LogP contribution in [-0.2, 0) is 36.6 Å². The minimum Gasteiger partial charge on any atom is -0.379 e. The van der Waals surface area contributed by atoms with Crippen LogP contribution in [0.25, 0.3) is 0 Å². The van der Waals surface area contributed by atoms with Crippen molar-refractivity contribution in [3.05, 3.63) is 36.2 Å². The Balaban J connectivity index is 1.40. The fourth-order valence-corrected chi connectivity index (χ4v) is 4.19. The normalized spacial score (nSPS) is 23.9. The summed E-state index contributed by atoms with van der Waals surface area (Å²) in [5.41, 5.74) is 0.839. The first kappa shape index (κ1) is 18.2. The molecule has 2 aliphatic rings. The number of rotatable bonds is 4. The number of imidazole rings is 1. The molecule has 1 unspecified atom stereocenters. The van der Waals surface area contributed by atoms with E-state index in [9.17, 15) is 4.79 Å². The zero-order chi connectivity index (χ0) is 18.9. The van der Waals surface area contributed by atoms with Gasteiger partial charge < -0.3 is 14.2 Å². The van der Waals surface area contributed by atoms with Crippen LogP contribution in [0.1, 0.15) is 17.9 Å². The third-order valence-electron chi connectivity index (χ3n) is 5.70. The van der Waals surface area contributed by atoms with Crippen LogP contribution >= 0.6 is 0 Å². The molecule has 2 aromatic rings. The van der Waals surface area contributed by atoms with Gasteiger partial charge in [-0.05, 0) is 19.0 Å². The molecule has 1 atom stereocenters. The summed E-state index contributed by atoms with van der Waals surface area (Å²) < 4.78 is 9.72. The van der Waals surface area contributed by atoms with Crippen molar-refractivity contribution in [1.29, 1.82) is 0 Å². The number of likely N-dealkylation sites (tertiary alicyclic amines) is 1. The Bertz CT molecular complexity index is 800. The Morgan fingerprint density at radius 1 is 1.26 bits per heavy atom. The van der Waals surface area contributed by atoms with Crippen LogP contribution in [0.2, 0.25) is 0 Å². The molecule has 1 spiro atoms. The monoisotopic (exact) mass is 372 g/mol. The van der Waals surface area contributed by atoms with E-state index in [-0.39, 0.29) is 11.3 Å². The van der Waals surface area contributed by atoms with E-state index in [1.54, 1.807) is 4.68 Å². The molecule has 0 N–H and O–H groups in total. The molecule has 1 amide bonds. The smallest absolute Gasteiger partial charge is 0.228 e. The summed E-state index contributed by atoms with van der Waals surface area (Å²) in [5.74, 6) is 1.21. The van der Waals surface area contributed by atoms with Crippen molar-refractivity contribution in [2.45, 2.75) is 19.4 Å². The van der Waals surface area contributed by atoms with Gasteiger partial charge in [0.1, 0.15) is 5.82 Å². The van der Waals surface area contributed by atoms with Gasteiger partial charge in [0.25, 0.3) is 0 Å². The van der Waals surface area contributed by atoms with Gasteiger partial charge in [-0.2, -0.15) is 5.10 Å². The van der Waals surface area contributed by atoms with E-state index in [2.05, 4.69) is 19.5 Å². The van der Waals surface area contributed by atoms with Crippen LogP contribution in [-0.4, -0.2) is 74.4 Å². The molecule has 27 heavy (non-hydrogen) atoms. The standard InChI is InChI=1S/C19H28N6O2/c1-22-8-5-20-17(22)12-24-7-4-19(13-24)14-25(9-10-27-15-19)18(26)11-16-3-6-23(2)21-16/h3,5-6,8H,4,7,9-15H2,1-2H3. The number of nitrogens with zero attached hydrogens (tertiary/aromatic N) is 6. The van der Waals surface area contributed by atoms with Gasteiger partial charge in [-0.3, -0.25) is 14.4 Å². The predicted octanol–water partition coefficient (Wildman–Crippen LogP) is 0.447. The molecule has 4 rings (SSSR count). The van der Waals surface area contributed by atoms with Crippen molar-refractivity contribution < 1.29 is 9.53 Å². The molecule has 0 radical (unpaired) electrons. The van der Waals surface area contributed by atoms with Crippen molar-refractivity contribution in [2.75, 3.05) is 39.4 Å². The van der Waals surface area contributed by atoms with Crippen LogP contribution < -0.4 is 0 Å². The summed E-state index contributed by atoms with van der Waals surface area (Å²) in [6.07, 6.45) is 7.10. The van der Waals surface area contributed by atoms with E-state index < -0.39 is 0 Å². The highest BCUT2D eigenvalue weighted by atomic mass is 16.5. The lowest BCUT2D eigenvalue weighted by molar-refractivity contribution is -0.131. The highest BCUT2D eigenvalue weighted by Crippen LogP contribution is 2.34. The third kappa shape index (κ3) is 4.06. The van der Waals surface area contributed by atoms with Crippen molar-refractivity contribution in [3.63, 3.8) is 0 Å². The maximum absolute atomic E-state index is 12.8. The Kier molecular flexibility index (Phi) is 5.01. The van der Waals surface area contributed by atoms with Crippen molar-refractivity contribution in [2.24, 2.45) is 19.5 Å². The molecule has 8 nitrogen and oxygen atoms in total. The molecular formula is C19H28N6O2. The number of carbonyl (C=O) groups is 1. The Morgan fingerprint density at radius 3 is 2.89 bits per heavy atom. The zero-order valence-electron chi connectivity index (χ0n) is 16.2. The average Bonchev–Trinajstić information content (AvgIpc) is 3.29. The van der Waals surface area contributed by atoms with E-state index in [1.807, 2.05) is 43.7 Å². The van der Waals surface area contributed by atoms with Crippen LogP contribution in [0.15, 0.2) is 24.7 Å². The number of aromatic nitrogens is 4. The van der Waals surface area contributed by atoms with Gasteiger partial charge >= 0.3 is 0 Å². The minimum atomic E-state index is 0.0153. The Hall–Kier alpha value is -2.19. The Morgan fingerprint density at radius 2 is 2.15 bits per heavy atom. The predicted molar refractivity (Wildman–Crippen MR) is 99.8 cm³/mol. The van der Waals surface area contributed by atoms with E-state index in [0.29, 0.717) is 19.6 Å². The second-order valence-corrected chi connectivity index (χ2v) is 7.94. The molecule has 146 valence electrons. The SMILES string of the molecule is Cn1ccc(CC(=O)N2CCOCC3(CCN(Cc4nccn4C)C3)C2)n1. The van der Waals surface area contributed by atoms with E-state index >= 15 is 0 Å². The second kappa shape index (κ2) is 7.44. The first-order valence-electron chi connectivity index (χ1n) is 9.56. The molecule has 2 saturated heterocycles. The first-order valence-corrected chi connectivity index (χ1v) is 9.56. The second-order valence-electron chi connectivity index (χ2n) is 7.94. The fourth-order valence-electron chi connectivity index (χ4n) is 4.19. The number of carbonyl (C=O) groups excluding carboxylic acids is 1. The van der Waals surface area contributed by atoms with Gasteiger partial charge in [0, 0.05) is 57.7 Å². The molecule has 0 saturated carbocycles. The lowest BCUT2D eigenvalue weighted by Gasteiger charge is -2.32. The van der Waals surface area contributed by atoms with Crippen LogP contribution in [0, 0.1) is 5.41 Å². The zero-order valence-corrected chi connectivity index (χ0v) is 16.2. The highest BCUT2D eigenvalue weighted by molar-refractivity contribution is 5.78. The summed E-state index contributed by atoms with van der Waals surface area (Å²) in [6.45, 7) is 5.54. The summed E-state index contributed by atoms with van der Waals surface area (Å²) in [7, 11) is 3.90. The summed E-state index contributed by atoms with van der Waals surface area (Å²) in [6, 6.07) is 1.91. The third-order valence-corrected chi connectivity index (χ3v) is 5.70. The maximum atomic E-state index is 12.8. The van der Waals surface area contributed by atoms with Gasteiger partial charge in [-0.25, -0.2) is 4.98 Å². The van der Waals surface area contributed by atoms with Crippen molar-refractivity contribution in [3.8, 4) is 0 Å². The Labute approximate surface area is 159 Å². The number of aryl methyl sites for hydroxylation is 2. The molecule has 0 aliphatic carbocycles. The molecule has 2 aliphatic heterocycles. The van der Waals surface area contributed by atoms with Gasteiger partial charge in [0.05, 0.1) is 31.9 Å². The largest absolute Gasteiger partial charge is 0.379 e. The summed E-state index contributed by atoms with van der Waals surface area (Å²) >= 11 is 0. The van der Waals surface area contributed by atoms with Crippen molar-refractivity contribution in [1.82, 2.24) is 29.1 Å². The van der Waals surface area contributed by atoms with Crippen LogP contribution in [0.3, 0.4) is 0 Å². The fraction of sp³-hybridized carbons (Fsp3) is 0.632. The quantitative estimate of drug-likeness (QED) is 0.779. The molecule has 2 fully saturated rings. The topological polar surface area (TPSA) is 68.4 Å². The lowest BCUT2D eigenvalue weighted by atomic mass is 9.87. The van der Waals surface area contributed by atoms with E-state index in [0.717, 1.165) is 50.7 Å². The van der Waals surface area contributed by atoms with E-state index in [1.165, 1.54) is 0 Å².